The van der Waals surface area contributed by atoms with Crippen molar-refractivity contribution >= 4 is 17.4 Å². The van der Waals surface area contributed by atoms with Crippen LogP contribution in [-0.2, 0) is 16.2 Å². The van der Waals surface area contributed by atoms with Crippen molar-refractivity contribution in [3.8, 4) is 5.75 Å². The molecule has 0 spiro atoms. The quantitative estimate of drug-likeness (QED) is 0.304. The molecule has 0 saturated carbocycles. The molecular formula is C28H29N3O4. The number of nitrogens with zero attached hydrogens (tertiary/aromatic N) is 3. The summed E-state index contributed by atoms with van der Waals surface area (Å²) in [5.74, 6) is -0.841. The summed E-state index contributed by atoms with van der Waals surface area (Å²) in [5, 5.41) is 11.3. The van der Waals surface area contributed by atoms with E-state index < -0.39 is 17.7 Å². The zero-order chi connectivity index (χ0) is 24.9. The predicted molar refractivity (Wildman–Crippen MR) is 134 cm³/mol. The van der Waals surface area contributed by atoms with Crippen molar-refractivity contribution < 1.29 is 19.4 Å². The van der Waals surface area contributed by atoms with Crippen molar-refractivity contribution in [1.29, 1.82) is 0 Å². The van der Waals surface area contributed by atoms with Crippen LogP contribution in [0.5, 0.6) is 5.75 Å². The van der Waals surface area contributed by atoms with Crippen LogP contribution < -0.4 is 4.74 Å². The summed E-state index contributed by atoms with van der Waals surface area (Å²) in [7, 11) is 3.81. The number of ketones is 1. The van der Waals surface area contributed by atoms with E-state index in [-0.39, 0.29) is 11.3 Å². The van der Waals surface area contributed by atoms with E-state index in [0.29, 0.717) is 31.0 Å². The van der Waals surface area contributed by atoms with E-state index in [0.717, 1.165) is 16.7 Å². The summed E-state index contributed by atoms with van der Waals surface area (Å²) in [5.41, 5.74) is 3.08. The molecule has 1 N–H and O–H groups in total. The van der Waals surface area contributed by atoms with Gasteiger partial charge >= 0.3 is 0 Å². The van der Waals surface area contributed by atoms with Crippen LogP contribution in [-0.4, -0.2) is 58.8 Å². The molecule has 7 nitrogen and oxygen atoms in total. The smallest absolute Gasteiger partial charge is 0.295 e. The van der Waals surface area contributed by atoms with Gasteiger partial charge in [0.25, 0.3) is 11.7 Å². The molecule has 1 aromatic heterocycles. The average molecular weight is 472 g/mol. The van der Waals surface area contributed by atoms with Crippen molar-refractivity contribution in [2.24, 2.45) is 0 Å². The first-order chi connectivity index (χ1) is 16.9. The monoisotopic (exact) mass is 471 g/mol. The summed E-state index contributed by atoms with van der Waals surface area (Å²) in [6.45, 7) is 3.20. The summed E-state index contributed by atoms with van der Waals surface area (Å²) in [6.07, 6.45) is 3.23. The number of aromatic nitrogens is 1. The topological polar surface area (TPSA) is 83.0 Å². The van der Waals surface area contributed by atoms with Crippen LogP contribution in [0.25, 0.3) is 5.76 Å². The van der Waals surface area contributed by atoms with E-state index in [1.165, 1.54) is 4.90 Å². The Morgan fingerprint density at radius 3 is 2.43 bits per heavy atom. The fourth-order valence-electron chi connectivity index (χ4n) is 4.19. The second-order valence-electron chi connectivity index (χ2n) is 8.83. The van der Waals surface area contributed by atoms with Crippen LogP contribution in [0.3, 0.4) is 0 Å². The van der Waals surface area contributed by atoms with Gasteiger partial charge in [0.2, 0.25) is 0 Å². The second-order valence-corrected chi connectivity index (χ2v) is 8.83. The fraction of sp³-hybridized carbons (Fsp3) is 0.250. The van der Waals surface area contributed by atoms with E-state index >= 15 is 0 Å². The standard InChI is InChI=1S/C28H29N3O4/c1-19-17-22(35-18-20-7-5-4-6-8-20)9-10-23(19)26(32)24-25(21-11-13-29-14-12-21)31(16-15-30(2)3)28(34)27(24)33/h4-14,17,25,32H,15-16,18H2,1-3H3/t25-/m0/s1. The zero-order valence-electron chi connectivity index (χ0n) is 20.1. The fourth-order valence-corrected chi connectivity index (χ4v) is 4.19. The maximum atomic E-state index is 13.1. The lowest BCUT2D eigenvalue weighted by molar-refractivity contribution is -0.140. The Kier molecular flexibility index (Phi) is 7.27. The number of benzene rings is 2. The van der Waals surface area contributed by atoms with Crippen LogP contribution in [0, 0.1) is 6.92 Å². The minimum absolute atomic E-state index is 0.0843. The molecular weight excluding hydrogens is 442 g/mol. The van der Waals surface area contributed by atoms with Gasteiger partial charge in [-0.3, -0.25) is 14.6 Å². The van der Waals surface area contributed by atoms with Crippen LogP contribution in [0.15, 0.2) is 78.6 Å². The SMILES string of the molecule is Cc1cc(OCc2ccccc2)ccc1C(O)=C1C(=O)C(=O)N(CCN(C)C)[C@H]1c1ccncc1. The first-order valence-electron chi connectivity index (χ1n) is 11.5. The number of likely N-dealkylation sites (N-methyl/N-ethyl adjacent to an activating group) is 1. The molecule has 1 aliphatic rings. The molecule has 0 bridgehead atoms. The van der Waals surface area contributed by atoms with E-state index in [1.807, 2.05) is 62.3 Å². The lowest BCUT2D eigenvalue weighted by atomic mass is 9.94. The van der Waals surface area contributed by atoms with Gasteiger partial charge in [0, 0.05) is 31.0 Å². The lowest BCUT2D eigenvalue weighted by Gasteiger charge is -2.26. The number of likely N-dealkylation sites (tertiary alicyclic amines) is 1. The van der Waals surface area contributed by atoms with Gasteiger partial charge in [0.1, 0.15) is 18.1 Å². The van der Waals surface area contributed by atoms with Gasteiger partial charge in [0.15, 0.2) is 0 Å². The molecule has 2 aromatic carbocycles. The van der Waals surface area contributed by atoms with Crippen LogP contribution in [0.4, 0.5) is 0 Å². The molecule has 1 amide bonds. The van der Waals surface area contributed by atoms with Crippen LogP contribution in [0.2, 0.25) is 0 Å². The number of hydrogen-bond donors (Lipinski definition) is 1. The van der Waals surface area contributed by atoms with Crippen LogP contribution in [0.1, 0.15) is 28.3 Å². The van der Waals surface area contributed by atoms with E-state index in [1.54, 1.807) is 36.7 Å². The van der Waals surface area contributed by atoms with E-state index in [4.69, 9.17) is 4.74 Å². The Morgan fingerprint density at radius 1 is 1.06 bits per heavy atom. The van der Waals surface area contributed by atoms with Gasteiger partial charge in [-0.1, -0.05) is 30.3 Å². The molecule has 1 aliphatic heterocycles. The Hall–Kier alpha value is -3.97. The van der Waals surface area contributed by atoms with Crippen molar-refractivity contribution in [3.05, 3.63) is 101 Å². The van der Waals surface area contributed by atoms with Gasteiger partial charge in [-0.25, -0.2) is 0 Å². The Labute approximate surface area is 205 Å². The van der Waals surface area contributed by atoms with Crippen molar-refractivity contribution in [2.75, 3.05) is 27.2 Å². The summed E-state index contributed by atoms with van der Waals surface area (Å²) in [4.78, 5) is 33.6. The second kappa shape index (κ2) is 10.5. The molecule has 0 radical (unpaired) electrons. The van der Waals surface area contributed by atoms with Crippen molar-refractivity contribution in [1.82, 2.24) is 14.8 Å². The normalized spacial score (nSPS) is 17.3. The van der Waals surface area contributed by atoms with Crippen molar-refractivity contribution in [2.45, 2.75) is 19.6 Å². The maximum Gasteiger partial charge on any atom is 0.295 e. The number of hydrogen-bond acceptors (Lipinski definition) is 6. The third-order valence-electron chi connectivity index (χ3n) is 6.05. The minimum Gasteiger partial charge on any atom is -0.507 e. The highest BCUT2D eigenvalue weighted by molar-refractivity contribution is 6.46. The number of pyridine rings is 1. The number of ether oxygens (including phenoxy) is 1. The number of Topliss-reactive ketones (excluding diaryl/α,β-unsaturated/α-hetero) is 1. The highest BCUT2D eigenvalue weighted by Crippen LogP contribution is 2.39. The molecule has 7 heteroatoms. The Morgan fingerprint density at radius 2 is 1.77 bits per heavy atom. The maximum absolute atomic E-state index is 13.1. The summed E-state index contributed by atoms with van der Waals surface area (Å²) in [6, 6.07) is 18.0. The van der Waals surface area contributed by atoms with E-state index in [9.17, 15) is 14.7 Å². The first kappa shape index (κ1) is 24.2. The molecule has 3 aromatic rings. The van der Waals surface area contributed by atoms with Gasteiger partial charge in [-0.15, -0.1) is 0 Å². The molecule has 0 unspecified atom stereocenters. The van der Waals surface area contributed by atoms with Crippen LogP contribution >= 0.6 is 0 Å². The molecule has 4 rings (SSSR count). The number of aliphatic hydroxyl groups is 1. The van der Waals surface area contributed by atoms with Gasteiger partial charge < -0.3 is 19.6 Å². The number of carbonyl (C=O) groups excluding carboxylic acids is 2. The lowest BCUT2D eigenvalue weighted by Crippen LogP contribution is -2.35. The first-order valence-corrected chi connectivity index (χ1v) is 11.5. The summed E-state index contributed by atoms with van der Waals surface area (Å²) < 4.78 is 5.89. The molecule has 2 heterocycles. The molecule has 0 aliphatic carbocycles. The molecule has 1 fully saturated rings. The average Bonchev–Trinajstić information content (AvgIpc) is 3.12. The molecule has 35 heavy (non-hydrogen) atoms. The Bertz CT molecular complexity index is 1240. The number of rotatable bonds is 8. The summed E-state index contributed by atoms with van der Waals surface area (Å²) >= 11 is 0. The van der Waals surface area contributed by atoms with Gasteiger partial charge in [-0.05, 0) is 68.0 Å². The zero-order valence-corrected chi connectivity index (χ0v) is 20.1. The third kappa shape index (κ3) is 5.25. The third-order valence-corrected chi connectivity index (χ3v) is 6.05. The number of aryl methyl sites for hydroxylation is 1. The highest BCUT2D eigenvalue weighted by Gasteiger charge is 2.46. The van der Waals surface area contributed by atoms with Gasteiger partial charge in [-0.2, -0.15) is 0 Å². The number of amides is 1. The molecule has 1 saturated heterocycles. The number of carbonyl (C=O) groups is 2. The van der Waals surface area contributed by atoms with Gasteiger partial charge in [0.05, 0.1) is 11.6 Å². The molecule has 180 valence electrons. The Balaban J connectivity index is 1.68. The minimum atomic E-state index is -0.689. The number of aliphatic hydroxyl groups excluding tert-OH is 1. The van der Waals surface area contributed by atoms with Crippen molar-refractivity contribution in [3.63, 3.8) is 0 Å². The predicted octanol–water partition coefficient (Wildman–Crippen LogP) is 3.95. The van der Waals surface area contributed by atoms with E-state index in [2.05, 4.69) is 4.98 Å². The highest BCUT2D eigenvalue weighted by atomic mass is 16.5. The largest absolute Gasteiger partial charge is 0.507 e. The molecule has 1 atom stereocenters.